The molecule has 0 radical (unpaired) electrons. The normalized spacial score (nSPS) is 10.3. The molecule has 1 amide bonds. The molecule has 7 heteroatoms. The van der Waals surface area contributed by atoms with Gasteiger partial charge in [-0.25, -0.2) is 0 Å². The number of aliphatic hydroxyl groups is 1. The minimum Gasteiger partial charge on any atom is -0.496 e. The lowest BCUT2D eigenvalue weighted by Crippen LogP contribution is -2.34. The van der Waals surface area contributed by atoms with Gasteiger partial charge in [-0.05, 0) is 54.7 Å². The summed E-state index contributed by atoms with van der Waals surface area (Å²) in [6, 6.07) is 17.6. The highest BCUT2D eigenvalue weighted by atomic mass is 32.1. The van der Waals surface area contributed by atoms with Gasteiger partial charge in [0.25, 0.3) is 5.91 Å². The predicted octanol–water partition coefficient (Wildman–Crippen LogP) is 3.57. The first-order valence-corrected chi connectivity index (χ1v) is 8.57. The number of thiocarbonyl (C=S) groups is 1. The highest BCUT2D eigenvalue weighted by molar-refractivity contribution is 7.80. The van der Waals surface area contributed by atoms with Crippen LogP contribution < -0.4 is 15.4 Å². The topological polar surface area (TPSA) is 83.7 Å². The van der Waals surface area contributed by atoms with Gasteiger partial charge < -0.3 is 19.6 Å². The van der Waals surface area contributed by atoms with Gasteiger partial charge >= 0.3 is 0 Å². The molecule has 138 valence electrons. The molecule has 3 aromatic rings. The Balaban J connectivity index is 1.76. The predicted molar refractivity (Wildman–Crippen MR) is 107 cm³/mol. The van der Waals surface area contributed by atoms with Gasteiger partial charge in [-0.15, -0.1) is 0 Å². The standard InChI is InChI=1S/C20H18N2O4S/c1-25-17-9-7-14(11-16(17)18-10-8-15(12-23)26-18)21-20(27)22-19(24)13-5-3-2-4-6-13/h2-11,23H,12H2,1H3,(H2,21,22,24,27). The van der Waals surface area contributed by atoms with Gasteiger partial charge in [0.15, 0.2) is 5.11 Å². The van der Waals surface area contributed by atoms with Crippen molar-refractivity contribution in [1.82, 2.24) is 5.32 Å². The van der Waals surface area contributed by atoms with Crippen molar-refractivity contribution in [2.75, 3.05) is 12.4 Å². The second-order valence-electron chi connectivity index (χ2n) is 5.61. The van der Waals surface area contributed by atoms with Crippen LogP contribution in [0.4, 0.5) is 5.69 Å². The molecule has 0 bridgehead atoms. The van der Waals surface area contributed by atoms with Crippen molar-refractivity contribution >= 4 is 28.9 Å². The number of methoxy groups -OCH3 is 1. The molecule has 1 heterocycles. The van der Waals surface area contributed by atoms with Crippen LogP contribution in [0.3, 0.4) is 0 Å². The molecular weight excluding hydrogens is 364 g/mol. The number of aliphatic hydroxyl groups excluding tert-OH is 1. The van der Waals surface area contributed by atoms with Crippen LogP contribution in [0.25, 0.3) is 11.3 Å². The number of anilines is 1. The molecule has 1 aromatic heterocycles. The highest BCUT2D eigenvalue weighted by Crippen LogP contribution is 2.33. The van der Waals surface area contributed by atoms with Crippen molar-refractivity contribution in [3.8, 4) is 17.1 Å². The Morgan fingerprint density at radius 3 is 2.59 bits per heavy atom. The van der Waals surface area contributed by atoms with Crippen molar-refractivity contribution < 1.29 is 19.1 Å². The first-order chi connectivity index (χ1) is 13.1. The van der Waals surface area contributed by atoms with E-state index >= 15 is 0 Å². The maximum atomic E-state index is 12.2. The molecule has 27 heavy (non-hydrogen) atoms. The van der Waals surface area contributed by atoms with E-state index in [0.717, 1.165) is 0 Å². The quantitative estimate of drug-likeness (QED) is 0.585. The minimum absolute atomic E-state index is 0.176. The maximum Gasteiger partial charge on any atom is 0.257 e. The molecule has 0 saturated carbocycles. The zero-order valence-electron chi connectivity index (χ0n) is 14.6. The van der Waals surface area contributed by atoms with Crippen LogP contribution in [0.2, 0.25) is 0 Å². The van der Waals surface area contributed by atoms with Gasteiger partial charge in [-0.2, -0.15) is 0 Å². The van der Waals surface area contributed by atoms with E-state index in [9.17, 15) is 9.90 Å². The summed E-state index contributed by atoms with van der Waals surface area (Å²) < 4.78 is 11.0. The molecule has 0 fully saturated rings. The van der Waals surface area contributed by atoms with Crippen LogP contribution in [-0.2, 0) is 6.61 Å². The number of carbonyl (C=O) groups excluding carboxylic acids is 1. The van der Waals surface area contributed by atoms with Crippen molar-refractivity contribution in [2.45, 2.75) is 6.61 Å². The molecule has 3 N–H and O–H groups in total. The van der Waals surface area contributed by atoms with E-state index in [4.69, 9.17) is 21.4 Å². The third kappa shape index (κ3) is 4.52. The number of furan rings is 1. The number of hydrogen-bond donors (Lipinski definition) is 3. The fourth-order valence-corrected chi connectivity index (χ4v) is 2.72. The first-order valence-electron chi connectivity index (χ1n) is 8.16. The largest absolute Gasteiger partial charge is 0.496 e. The molecule has 0 spiro atoms. The SMILES string of the molecule is COc1ccc(NC(=S)NC(=O)c2ccccc2)cc1-c1ccc(CO)o1. The molecular formula is C20H18N2O4S. The van der Waals surface area contributed by atoms with Crippen LogP contribution in [0.5, 0.6) is 5.75 Å². The highest BCUT2D eigenvalue weighted by Gasteiger charge is 2.13. The Labute approximate surface area is 161 Å². The second-order valence-corrected chi connectivity index (χ2v) is 6.02. The summed E-state index contributed by atoms with van der Waals surface area (Å²) in [5, 5.41) is 15.0. The van der Waals surface area contributed by atoms with E-state index in [0.29, 0.717) is 34.1 Å². The zero-order valence-corrected chi connectivity index (χ0v) is 15.4. The summed E-state index contributed by atoms with van der Waals surface area (Å²) in [6.07, 6.45) is 0. The lowest BCUT2D eigenvalue weighted by molar-refractivity contribution is 0.0977. The minimum atomic E-state index is -0.291. The van der Waals surface area contributed by atoms with Gasteiger partial charge in [0.1, 0.15) is 23.9 Å². The van der Waals surface area contributed by atoms with E-state index in [1.165, 1.54) is 0 Å². The molecule has 0 atom stereocenters. The summed E-state index contributed by atoms with van der Waals surface area (Å²) in [4.78, 5) is 12.2. The lowest BCUT2D eigenvalue weighted by Gasteiger charge is -2.12. The van der Waals surface area contributed by atoms with E-state index in [1.807, 2.05) is 6.07 Å². The average Bonchev–Trinajstić information content (AvgIpc) is 3.17. The average molecular weight is 382 g/mol. The first kappa shape index (κ1) is 18.6. The van der Waals surface area contributed by atoms with Crippen LogP contribution in [0.1, 0.15) is 16.1 Å². The number of ether oxygens (including phenoxy) is 1. The van der Waals surface area contributed by atoms with E-state index < -0.39 is 0 Å². The fraction of sp³-hybridized carbons (Fsp3) is 0.100. The number of carbonyl (C=O) groups is 1. The Morgan fingerprint density at radius 2 is 1.93 bits per heavy atom. The number of rotatable bonds is 5. The molecule has 2 aromatic carbocycles. The van der Waals surface area contributed by atoms with Crippen molar-refractivity contribution in [3.05, 3.63) is 72.0 Å². The molecule has 3 rings (SSSR count). The summed E-state index contributed by atoms with van der Waals surface area (Å²) in [5.41, 5.74) is 1.87. The van der Waals surface area contributed by atoms with Crippen LogP contribution in [-0.4, -0.2) is 23.2 Å². The van der Waals surface area contributed by atoms with Gasteiger partial charge in [-0.1, -0.05) is 18.2 Å². The Hall–Kier alpha value is -3.16. The molecule has 0 aliphatic rings. The van der Waals surface area contributed by atoms with Crippen molar-refractivity contribution in [2.24, 2.45) is 0 Å². The number of hydrogen-bond acceptors (Lipinski definition) is 5. The summed E-state index contributed by atoms with van der Waals surface area (Å²) in [5.74, 6) is 1.33. The van der Waals surface area contributed by atoms with Gasteiger partial charge in [-0.3, -0.25) is 10.1 Å². The number of nitrogens with one attached hydrogen (secondary N) is 2. The number of amides is 1. The third-order valence-corrected chi connectivity index (χ3v) is 4.01. The van der Waals surface area contributed by atoms with E-state index in [2.05, 4.69) is 10.6 Å². The van der Waals surface area contributed by atoms with Gasteiger partial charge in [0, 0.05) is 11.3 Å². The zero-order chi connectivity index (χ0) is 19.2. The molecule has 0 saturated heterocycles. The molecule has 0 aliphatic heterocycles. The van der Waals surface area contributed by atoms with Crippen molar-refractivity contribution in [1.29, 1.82) is 0 Å². The van der Waals surface area contributed by atoms with E-state index in [-0.39, 0.29) is 17.6 Å². The summed E-state index contributed by atoms with van der Waals surface area (Å²) in [7, 11) is 1.56. The second kappa shape index (κ2) is 8.48. The molecule has 0 aliphatic carbocycles. The maximum absolute atomic E-state index is 12.2. The summed E-state index contributed by atoms with van der Waals surface area (Å²) >= 11 is 5.23. The Morgan fingerprint density at radius 1 is 1.15 bits per heavy atom. The van der Waals surface area contributed by atoms with Crippen LogP contribution in [0.15, 0.2) is 65.1 Å². The third-order valence-electron chi connectivity index (χ3n) is 3.80. The van der Waals surface area contributed by atoms with Gasteiger partial charge in [0.05, 0.1) is 12.7 Å². The van der Waals surface area contributed by atoms with Gasteiger partial charge in [0.2, 0.25) is 0 Å². The number of benzene rings is 2. The smallest absolute Gasteiger partial charge is 0.257 e. The lowest BCUT2D eigenvalue weighted by atomic mass is 10.1. The Kier molecular flexibility index (Phi) is 5.85. The molecule has 6 nitrogen and oxygen atoms in total. The van der Waals surface area contributed by atoms with E-state index in [1.54, 1.807) is 61.7 Å². The van der Waals surface area contributed by atoms with Crippen LogP contribution >= 0.6 is 12.2 Å². The van der Waals surface area contributed by atoms with Crippen LogP contribution in [0, 0.1) is 0 Å². The molecule has 0 unspecified atom stereocenters. The Bertz CT molecular complexity index is 954. The summed E-state index contributed by atoms with van der Waals surface area (Å²) in [6.45, 7) is -0.185. The van der Waals surface area contributed by atoms with Crippen molar-refractivity contribution in [3.63, 3.8) is 0 Å². The fourth-order valence-electron chi connectivity index (χ4n) is 2.51. The monoisotopic (exact) mass is 382 g/mol.